The Morgan fingerprint density at radius 2 is 0.556 bits per heavy atom. The molecular weight excluding hydrogens is 529 g/mol. The van der Waals surface area contributed by atoms with Crippen LogP contribution in [0.4, 0.5) is 0 Å². The van der Waals surface area contributed by atoms with E-state index in [-0.39, 0.29) is 0 Å². The zero-order chi connectivity index (χ0) is 27.0. The quantitative estimate of drug-likeness (QED) is 0.139. The summed E-state index contributed by atoms with van der Waals surface area (Å²) >= 11 is 0. The van der Waals surface area contributed by atoms with Gasteiger partial charge in [-0.3, -0.25) is 0 Å². The predicted molar refractivity (Wildman–Crippen MR) is 153 cm³/mol. The molecule has 36 heavy (non-hydrogen) atoms. The zero-order valence-electron chi connectivity index (χ0n) is 24.6. The molecule has 0 aromatic rings. The lowest BCUT2D eigenvalue weighted by Crippen LogP contribution is -2.73. The fourth-order valence-electron chi connectivity index (χ4n) is 4.42. The maximum absolute atomic E-state index is 7.13. The zero-order valence-corrected chi connectivity index (χ0v) is 28.6. The van der Waals surface area contributed by atoms with E-state index in [4.69, 9.17) is 34.2 Å². The van der Waals surface area contributed by atoms with Gasteiger partial charge in [0.2, 0.25) is 0 Å². The minimum atomic E-state index is -3.26. The first-order chi connectivity index (χ1) is 17.3. The molecule has 1 fully saturated rings. The fourth-order valence-corrected chi connectivity index (χ4v) is 24.8. The highest BCUT2D eigenvalue weighted by Crippen LogP contribution is 2.41. The number of hydrogen-bond acceptors (Lipinski definition) is 8. The van der Waals surface area contributed by atoms with Crippen LogP contribution in [0.15, 0.2) is 0 Å². The summed E-state index contributed by atoms with van der Waals surface area (Å²) in [6.07, 6.45) is 7.80. The summed E-state index contributed by atoms with van der Waals surface area (Å²) < 4.78 is 54.5. The highest BCUT2D eigenvalue weighted by molar-refractivity contribution is 6.89. The first kappa shape index (κ1) is 34.6. The normalized spacial score (nSPS) is 31.3. The lowest BCUT2D eigenvalue weighted by atomic mass is 10.4. The van der Waals surface area contributed by atoms with E-state index in [1.807, 2.05) is 27.7 Å². The molecule has 8 nitrogen and oxygen atoms in total. The minimum absolute atomic E-state index is 0.495. The summed E-state index contributed by atoms with van der Waals surface area (Å²) in [5.41, 5.74) is 0. The van der Waals surface area contributed by atoms with E-state index in [2.05, 4.69) is 27.7 Å². The van der Waals surface area contributed by atoms with Gasteiger partial charge in [-0.05, 0) is 53.4 Å². The van der Waals surface area contributed by atoms with Crippen LogP contribution in [0.2, 0.25) is 24.2 Å². The fraction of sp³-hybridized carbons (Fsp3) is 1.00. The standard InChI is InChI=1S/C24H56O8Si4/c1-9-17-21-33(25-13-5)29-34(26-14-6,22-18-10-2)31-36(28-16-8,24-20-12-4)32-35(30-33,27-15-7)23-19-11-3/h9-24H2,1-8H3. The van der Waals surface area contributed by atoms with Crippen molar-refractivity contribution in [1.29, 1.82) is 0 Å². The molecule has 216 valence electrons. The third kappa shape index (κ3) is 10.6. The van der Waals surface area contributed by atoms with E-state index in [0.717, 1.165) is 51.4 Å². The maximum Gasteiger partial charge on any atom is 0.486 e. The first-order valence-corrected chi connectivity index (χ1v) is 22.4. The Balaban J connectivity index is 3.80. The van der Waals surface area contributed by atoms with Crippen LogP contribution in [0.25, 0.3) is 0 Å². The summed E-state index contributed by atoms with van der Waals surface area (Å²) in [5, 5.41) is 0. The van der Waals surface area contributed by atoms with Crippen molar-refractivity contribution in [1.82, 2.24) is 0 Å². The van der Waals surface area contributed by atoms with Crippen molar-refractivity contribution in [3.63, 3.8) is 0 Å². The van der Waals surface area contributed by atoms with Gasteiger partial charge in [-0.2, -0.15) is 0 Å². The molecule has 0 spiro atoms. The Morgan fingerprint density at radius 3 is 0.694 bits per heavy atom. The molecule has 0 unspecified atom stereocenters. The summed E-state index contributed by atoms with van der Waals surface area (Å²) in [5.74, 6) is 0. The maximum atomic E-state index is 7.13. The van der Waals surface area contributed by atoms with Crippen LogP contribution in [0.5, 0.6) is 0 Å². The molecule has 0 N–H and O–H groups in total. The summed E-state index contributed by atoms with van der Waals surface area (Å²) in [7, 11) is -13.0. The lowest BCUT2D eigenvalue weighted by Gasteiger charge is -2.50. The van der Waals surface area contributed by atoms with Crippen LogP contribution < -0.4 is 0 Å². The van der Waals surface area contributed by atoms with Crippen molar-refractivity contribution in [3.05, 3.63) is 0 Å². The number of unbranched alkanes of at least 4 members (excludes halogenated alkanes) is 4. The Labute approximate surface area is 226 Å². The van der Waals surface area contributed by atoms with Gasteiger partial charge in [0.1, 0.15) is 0 Å². The minimum Gasteiger partial charge on any atom is -0.375 e. The second-order valence-corrected chi connectivity index (χ2v) is 21.2. The van der Waals surface area contributed by atoms with Crippen LogP contribution in [-0.2, 0) is 34.2 Å². The van der Waals surface area contributed by atoms with Crippen molar-refractivity contribution in [2.75, 3.05) is 26.4 Å². The molecule has 0 aromatic carbocycles. The first-order valence-electron chi connectivity index (χ1n) is 14.7. The smallest absolute Gasteiger partial charge is 0.375 e. The Bertz CT molecular complexity index is 468. The summed E-state index contributed by atoms with van der Waals surface area (Å²) in [4.78, 5) is 0. The highest BCUT2D eigenvalue weighted by Gasteiger charge is 2.67. The van der Waals surface area contributed by atoms with Gasteiger partial charge in [0.15, 0.2) is 0 Å². The Morgan fingerprint density at radius 1 is 0.361 bits per heavy atom. The predicted octanol–water partition coefficient (Wildman–Crippen LogP) is 7.17. The SMILES string of the molecule is CCCC[Si]1(OCC)O[Si](CCCC)(OCC)O[Si](CCCC)(OCC)O[Si](CCCC)(OCC)O1. The molecule has 0 amide bonds. The third-order valence-electron chi connectivity index (χ3n) is 6.05. The second-order valence-electron chi connectivity index (χ2n) is 9.29. The molecule has 12 heteroatoms. The molecule has 1 aliphatic rings. The summed E-state index contributed by atoms with van der Waals surface area (Å²) in [6, 6.07) is 2.79. The second kappa shape index (κ2) is 18.0. The van der Waals surface area contributed by atoms with Crippen LogP contribution in [0.3, 0.4) is 0 Å². The van der Waals surface area contributed by atoms with E-state index < -0.39 is 35.2 Å². The van der Waals surface area contributed by atoms with Gasteiger partial charge in [-0.25, -0.2) is 0 Å². The van der Waals surface area contributed by atoms with E-state index in [9.17, 15) is 0 Å². The van der Waals surface area contributed by atoms with Gasteiger partial charge >= 0.3 is 35.2 Å². The Hall–Kier alpha value is 0.548. The largest absolute Gasteiger partial charge is 0.486 e. The lowest BCUT2D eigenvalue weighted by molar-refractivity contribution is 0.0166. The molecule has 1 aliphatic heterocycles. The highest BCUT2D eigenvalue weighted by atomic mass is 28.6. The van der Waals surface area contributed by atoms with E-state index in [0.29, 0.717) is 50.6 Å². The molecular formula is C24H56O8Si4. The average Bonchev–Trinajstić information content (AvgIpc) is 2.84. The van der Waals surface area contributed by atoms with Gasteiger partial charge in [-0.15, -0.1) is 0 Å². The molecule has 0 bridgehead atoms. The van der Waals surface area contributed by atoms with Crippen molar-refractivity contribution in [3.8, 4) is 0 Å². The van der Waals surface area contributed by atoms with E-state index in [1.165, 1.54) is 0 Å². The van der Waals surface area contributed by atoms with Gasteiger partial charge in [0.25, 0.3) is 0 Å². The molecule has 0 saturated carbocycles. The molecule has 0 aromatic heterocycles. The molecule has 1 rings (SSSR count). The number of rotatable bonds is 20. The van der Waals surface area contributed by atoms with E-state index in [1.54, 1.807) is 0 Å². The monoisotopic (exact) mass is 584 g/mol. The van der Waals surface area contributed by atoms with E-state index >= 15 is 0 Å². The summed E-state index contributed by atoms with van der Waals surface area (Å²) in [6.45, 7) is 18.7. The number of hydrogen-bond donors (Lipinski definition) is 0. The molecule has 1 saturated heterocycles. The average molecular weight is 585 g/mol. The van der Waals surface area contributed by atoms with Gasteiger partial charge < -0.3 is 34.2 Å². The van der Waals surface area contributed by atoms with Crippen molar-refractivity contribution in [2.24, 2.45) is 0 Å². The molecule has 0 aliphatic carbocycles. The molecule has 1 heterocycles. The van der Waals surface area contributed by atoms with Gasteiger partial charge in [0.05, 0.1) is 0 Å². The van der Waals surface area contributed by atoms with Crippen molar-refractivity contribution >= 4 is 35.2 Å². The van der Waals surface area contributed by atoms with Crippen LogP contribution in [-0.4, -0.2) is 61.6 Å². The third-order valence-corrected chi connectivity index (χ3v) is 22.8. The van der Waals surface area contributed by atoms with Crippen molar-refractivity contribution < 1.29 is 34.2 Å². The Kier molecular flexibility index (Phi) is 17.3. The van der Waals surface area contributed by atoms with Crippen LogP contribution in [0, 0.1) is 0 Å². The van der Waals surface area contributed by atoms with Crippen molar-refractivity contribution in [2.45, 2.75) is 131 Å². The van der Waals surface area contributed by atoms with Gasteiger partial charge in [-0.1, -0.05) is 53.4 Å². The molecule has 0 atom stereocenters. The molecule has 0 radical (unpaired) electrons. The van der Waals surface area contributed by atoms with Crippen LogP contribution >= 0.6 is 0 Å². The van der Waals surface area contributed by atoms with Crippen LogP contribution in [0.1, 0.15) is 107 Å². The topological polar surface area (TPSA) is 73.8 Å². The van der Waals surface area contributed by atoms with Gasteiger partial charge in [0, 0.05) is 50.6 Å².